The number of nitrogens with one attached hydrogen (secondary N) is 1. The third kappa shape index (κ3) is 3.57. The van der Waals surface area contributed by atoms with Gasteiger partial charge in [0.1, 0.15) is 12.4 Å². The van der Waals surface area contributed by atoms with Crippen LogP contribution in [0.3, 0.4) is 0 Å². The molecule has 0 unspecified atom stereocenters. The zero-order valence-corrected chi connectivity index (χ0v) is 15.9. The Labute approximate surface area is 166 Å². The summed E-state index contributed by atoms with van der Waals surface area (Å²) >= 11 is 6.18. The van der Waals surface area contributed by atoms with E-state index in [0.29, 0.717) is 39.9 Å². The van der Waals surface area contributed by atoms with Gasteiger partial charge in [-0.1, -0.05) is 41.9 Å². The van der Waals surface area contributed by atoms with Gasteiger partial charge in [-0.25, -0.2) is 4.98 Å². The van der Waals surface area contributed by atoms with Gasteiger partial charge >= 0.3 is 0 Å². The van der Waals surface area contributed by atoms with E-state index in [9.17, 15) is 4.79 Å². The highest BCUT2D eigenvalue weighted by molar-refractivity contribution is 6.31. The van der Waals surface area contributed by atoms with E-state index in [4.69, 9.17) is 21.1 Å². The van der Waals surface area contributed by atoms with Crippen LogP contribution in [-0.4, -0.2) is 17.1 Å². The highest BCUT2D eigenvalue weighted by atomic mass is 35.5. The lowest BCUT2D eigenvalue weighted by atomic mass is 10.1. The van der Waals surface area contributed by atoms with Crippen molar-refractivity contribution in [3.63, 3.8) is 0 Å². The molecule has 0 aliphatic rings. The summed E-state index contributed by atoms with van der Waals surface area (Å²) in [5.74, 6) is 1.59. The van der Waals surface area contributed by atoms with E-state index in [0.717, 1.165) is 11.1 Å². The molecular formula is C22H17ClN2O3. The summed E-state index contributed by atoms with van der Waals surface area (Å²) < 4.78 is 11.3. The van der Waals surface area contributed by atoms with E-state index >= 15 is 0 Å². The molecule has 0 aliphatic heterocycles. The van der Waals surface area contributed by atoms with E-state index in [1.165, 1.54) is 0 Å². The molecule has 6 heteroatoms. The van der Waals surface area contributed by atoms with Crippen LogP contribution in [0.2, 0.25) is 5.02 Å². The van der Waals surface area contributed by atoms with Crippen molar-refractivity contribution in [1.29, 1.82) is 0 Å². The summed E-state index contributed by atoms with van der Waals surface area (Å²) in [6.07, 6.45) is 0. The average Bonchev–Trinajstić information content (AvgIpc) is 2.73. The highest BCUT2D eigenvalue weighted by Crippen LogP contribution is 2.32. The summed E-state index contributed by atoms with van der Waals surface area (Å²) in [6, 6.07) is 20.1. The first-order valence-electron chi connectivity index (χ1n) is 8.69. The second kappa shape index (κ2) is 7.74. The van der Waals surface area contributed by atoms with Crippen molar-refractivity contribution in [2.75, 3.05) is 7.11 Å². The van der Waals surface area contributed by atoms with Crippen LogP contribution in [0.1, 0.15) is 5.56 Å². The lowest BCUT2D eigenvalue weighted by Crippen LogP contribution is -2.09. The molecule has 0 spiro atoms. The van der Waals surface area contributed by atoms with Crippen LogP contribution < -0.4 is 15.0 Å². The minimum Gasteiger partial charge on any atom is -0.493 e. The van der Waals surface area contributed by atoms with Crippen LogP contribution in [0.25, 0.3) is 22.3 Å². The van der Waals surface area contributed by atoms with Gasteiger partial charge in [-0.05, 0) is 36.4 Å². The largest absolute Gasteiger partial charge is 0.493 e. The fourth-order valence-corrected chi connectivity index (χ4v) is 3.12. The molecule has 1 N–H and O–H groups in total. The Balaban J connectivity index is 1.65. The second-order valence-electron chi connectivity index (χ2n) is 6.18. The van der Waals surface area contributed by atoms with Gasteiger partial charge in [0.15, 0.2) is 11.5 Å². The summed E-state index contributed by atoms with van der Waals surface area (Å²) in [7, 11) is 1.57. The molecule has 3 aromatic carbocycles. The zero-order valence-electron chi connectivity index (χ0n) is 15.1. The lowest BCUT2D eigenvalue weighted by Gasteiger charge is -2.13. The van der Waals surface area contributed by atoms with Gasteiger partial charge in [-0.3, -0.25) is 4.79 Å². The molecule has 5 nitrogen and oxygen atoms in total. The van der Waals surface area contributed by atoms with Gasteiger partial charge in [-0.2, -0.15) is 0 Å². The molecule has 0 fully saturated rings. The Morgan fingerprint density at radius 1 is 1.00 bits per heavy atom. The van der Waals surface area contributed by atoms with Crippen molar-refractivity contribution in [3.05, 3.63) is 87.7 Å². The van der Waals surface area contributed by atoms with E-state index in [1.54, 1.807) is 25.3 Å². The van der Waals surface area contributed by atoms with Crippen LogP contribution >= 0.6 is 11.6 Å². The maximum absolute atomic E-state index is 12.3. The molecule has 0 saturated carbocycles. The fraction of sp³-hybridized carbons (Fsp3) is 0.0909. The molecule has 4 rings (SSSR count). The number of aromatic amines is 1. The molecule has 0 amide bonds. The molecule has 1 aromatic heterocycles. The first kappa shape index (κ1) is 18.1. The normalized spacial score (nSPS) is 10.8. The Morgan fingerprint density at radius 3 is 2.61 bits per heavy atom. The summed E-state index contributed by atoms with van der Waals surface area (Å²) in [6.45, 7) is 0.320. The van der Waals surface area contributed by atoms with E-state index in [-0.39, 0.29) is 5.56 Å². The minimum absolute atomic E-state index is 0.182. The number of hydrogen-bond acceptors (Lipinski definition) is 4. The smallest absolute Gasteiger partial charge is 0.259 e. The van der Waals surface area contributed by atoms with Gasteiger partial charge in [0.2, 0.25) is 0 Å². The van der Waals surface area contributed by atoms with Crippen molar-refractivity contribution >= 4 is 22.5 Å². The molecule has 0 aliphatic carbocycles. The zero-order chi connectivity index (χ0) is 19.5. The number of aromatic nitrogens is 2. The van der Waals surface area contributed by atoms with Crippen LogP contribution in [0.4, 0.5) is 0 Å². The first-order valence-corrected chi connectivity index (χ1v) is 9.07. The van der Waals surface area contributed by atoms with Crippen molar-refractivity contribution in [2.24, 2.45) is 0 Å². The number of halogens is 1. The maximum atomic E-state index is 12.3. The monoisotopic (exact) mass is 392 g/mol. The molecule has 28 heavy (non-hydrogen) atoms. The van der Waals surface area contributed by atoms with Crippen LogP contribution in [0.5, 0.6) is 11.5 Å². The maximum Gasteiger partial charge on any atom is 0.259 e. The predicted octanol–water partition coefficient (Wildman–Crippen LogP) is 4.83. The first-order chi connectivity index (χ1) is 13.7. The standard InChI is InChI=1S/C22H17ClN2O3/c1-27-20-12-14(21-24-18-9-5-3-7-16(18)22(26)25-21)10-11-19(20)28-13-15-6-2-4-8-17(15)23/h2-12H,13H2,1H3,(H,24,25,26). The number of nitrogens with zero attached hydrogens (tertiary/aromatic N) is 1. The molecule has 1 heterocycles. The van der Waals surface area contributed by atoms with Crippen molar-refractivity contribution in [3.8, 4) is 22.9 Å². The van der Waals surface area contributed by atoms with Gasteiger partial charge in [0.05, 0.1) is 18.0 Å². The van der Waals surface area contributed by atoms with Crippen LogP contribution in [-0.2, 0) is 6.61 Å². The van der Waals surface area contributed by atoms with E-state index in [2.05, 4.69) is 9.97 Å². The molecule has 140 valence electrons. The number of para-hydroxylation sites is 1. The quantitative estimate of drug-likeness (QED) is 0.528. The topological polar surface area (TPSA) is 64.2 Å². The molecule has 0 bridgehead atoms. The number of rotatable bonds is 5. The predicted molar refractivity (Wildman–Crippen MR) is 110 cm³/mol. The van der Waals surface area contributed by atoms with Gasteiger partial charge < -0.3 is 14.5 Å². The third-order valence-electron chi connectivity index (χ3n) is 4.39. The number of H-pyrrole nitrogens is 1. The highest BCUT2D eigenvalue weighted by Gasteiger charge is 2.11. The van der Waals surface area contributed by atoms with Crippen LogP contribution in [0.15, 0.2) is 71.5 Å². The van der Waals surface area contributed by atoms with Crippen molar-refractivity contribution in [1.82, 2.24) is 9.97 Å². The van der Waals surface area contributed by atoms with Crippen molar-refractivity contribution < 1.29 is 9.47 Å². The lowest BCUT2D eigenvalue weighted by molar-refractivity contribution is 0.284. The Hall–Kier alpha value is -3.31. The number of hydrogen-bond donors (Lipinski definition) is 1. The third-order valence-corrected chi connectivity index (χ3v) is 4.76. The molecular weight excluding hydrogens is 376 g/mol. The number of fused-ring (bicyclic) bond motifs is 1. The van der Waals surface area contributed by atoms with E-state index in [1.807, 2.05) is 48.5 Å². The molecule has 0 radical (unpaired) electrons. The molecule has 4 aromatic rings. The van der Waals surface area contributed by atoms with E-state index < -0.39 is 0 Å². The fourth-order valence-electron chi connectivity index (χ4n) is 2.93. The van der Waals surface area contributed by atoms with Gasteiger partial charge in [0.25, 0.3) is 5.56 Å². The Bertz CT molecular complexity index is 1200. The summed E-state index contributed by atoms with van der Waals surface area (Å²) in [5.41, 5.74) is 2.07. The summed E-state index contributed by atoms with van der Waals surface area (Å²) in [4.78, 5) is 19.7. The van der Waals surface area contributed by atoms with Crippen molar-refractivity contribution in [2.45, 2.75) is 6.61 Å². The molecule has 0 atom stereocenters. The minimum atomic E-state index is -0.182. The van der Waals surface area contributed by atoms with Gasteiger partial charge in [0, 0.05) is 16.1 Å². The number of methoxy groups -OCH3 is 1. The van der Waals surface area contributed by atoms with Crippen LogP contribution in [0, 0.1) is 0 Å². The Morgan fingerprint density at radius 2 is 1.79 bits per heavy atom. The number of benzene rings is 3. The average molecular weight is 393 g/mol. The Kier molecular flexibility index (Phi) is 5.00. The second-order valence-corrected chi connectivity index (χ2v) is 6.58. The van der Waals surface area contributed by atoms with Gasteiger partial charge in [-0.15, -0.1) is 0 Å². The number of ether oxygens (including phenoxy) is 2. The molecule has 0 saturated heterocycles. The SMILES string of the molecule is COc1cc(-c2nc3ccccc3c(=O)[nH]2)ccc1OCc1ccccc1Cl. The summed E-state index contributed by atoms with van der Waals surface area (Å²) in [5, 5.41) is 1.20.